The first-order valence-corrected chi connectivity index (χ1v) is 18.9. The van der Waals surface area contributed by atoms with Crippen molar-refractivity contribution in [1.82, 2.24) is 34.7 Å². The van der Waals surface area contributed by atoms with Crippen molar-refractivity contribution in [2.24, 2.45) is 0 Å². The lowest BCUT2D eigenvalue weighted by Gasteiger charge is -2.34. The van der Waals surface area contributed by atoms with Gasteiger partial charge in [0, 0.05) is 43.8 Å². The zero-order valence-electron chi connectivity index (χ0n) is 31.3. The van der Waals surface area contributed by atoms with E-state index in [1.165, 1.54) is 4.90 Å². The van der Waals surface area contributed by atoms with Crippen molar-refractivity contribution >= 4 is 29.3 Å². The van der Waals surface area contributed by atoms with Gasteiger partial charge in [0.1, 0.15) is 12.1 Å². The monoisotopic (exact) mass is 717 g/mol. The SMILES string of the molecule is C[C@H]1NC(=O)[C@@H](N(C)C)CCCCCCCN(C)C(=O)[C@H](Cc2cc(Cl)ccc2-c2ccc(-c3cnn(C4CCN(C)CC4)c3)cc2)N(C)C1=O. The predicted molar refractivity (Wildman–Crippen MR) is 205 cm³/mol. The Morgan fingerprint density at radius 2 is 1.49 bits per heavy atom. The second-order valence-electron chi connectivity index (χ2n) is 14.8. The van der Waals surface area contributed by atoms with E-state index in [2.05, 4.69) is 52.4 Å². The largest absolute Gasteiger partial charge is 0.344 e. The summed E-state index contributed by atoms with van der Waals surface area (Å²) in [5, 5.41) is 8.21. The minimum Gasteiger partial charge on any atom is -0.344 e. The summed E-state index contributed by atoms with van der Waals surface area (Å²) >= 11 is 6.58. The Bertz CT molecular complexity index is 1630. The maximum atomic E-state index is 14.2. The van der Waals surface area contributed by atoms with Crippen LogP contribution >= 0.6 is 11.6 Å². The fraction of sp³-hybridized carbons (Fsp3) is 0.550. The lowest BCUT2D eigenvalue weighted by atomic mass is 9.93. The van der Waals surface area contributed by atoms with Gasteiger partial charge in [-0.1, -0.05) is 67.6 Å². The van der Waals surface area contributed by atoms with Crippen LogP contribution < -0.4 is 5.32 Å². The number of amides is 3. The molecule has 276 valence electrons. The van der Waals surface area contributed by atoms with Gasteiger partial charge in [-0.15, -0.1) is 0 Å². The summed E-state index contributed by atoms with van der Waals surface area (Å²) in [6.07, 6.45) is 12.2. The minimum absolute atomic E-state index is 0.134. The van der Waals surface area contributed by atoms with Crippen LogP contribution in [0.25, 0.3) is 22.3 Å². The molecule has 3 aromatic rings. The number of halogens is 1. The van der Waals surface area contributed by atoms with Gasteiger partial charge in [-0.3, -0.25) is 24.0 Å². The molecule has 51 heavy (non-hydrogen) atoms. The fourth-order valence-electron chi connectivity index (χ4n) is 7.44. The smallest absolute Gasteiger partial charge is 0.245 e. The Balaban J connectivity index is 1.40. The number of likely N-dealkylation sites (tertiary alicyclic amines) is 1. The second-order valence-corrected chi connectivity index (χ2v) is 15.3. The van der Waals surface area contributed by atoms with Crippen LogP contribution in [-0.4, -0.2) is 120 Å². The molecule has 0 unspecified atom stereocenters. The first-order valence-electron chi connectivity index (χ1n) is 18.5. The number of rotatable bonds is 6. The molecule has 10 nitrogen and oxygen atoms in total. The van der Waals surface area contributed by atoms with Gasteiger partial charge in [0.2, 0.25) is 17.7 Å². The number of hydrogen-bond donors (Lipinski definition) is 1. The normalized spacial score (nSPS) is 22.8. The van der Waals surface area contributed by atoms with E-state index in [4.69, 9.17) is 16.7 Å². The Morgan fingerprint density at radius 3 is 2.20 bits per heavy atom. The average Bonchev–Trinajstić information content (AvgIpc) is 3.61. The minimum atomic E-state index is -0.798. The van der Waals surface area contributed by atoms with E-state index in [-0.39, 0.29) is 30.2 Å². The molecule has 1 N–H and O–H groups in total. The molecule has 11 heteroatoms. The third-order valence-electron chi connectivity index (χ3n) is 10.8. The van der Waals surface area contributed by atoms with Crippen molar-refractivity contribution in [2.45, 2.75) is 88.9 Å². The lowest BCUT2D eigenvalue weighted by molar-refractivity contribution is -0.145. The van der Waals surface area contributed by atoms with Gasteiger partial charge in [0.05, 0.1) is 18.3 Å². The van der Waals surface area contributed by atoms with E-state index in [0.717, 1.165) is 92.3 Å². The van der Waals surface area contributed by atoms with Crippen LogP contribution in [0.15, 0.2) is 54.9 Å². The number of likely N-dealkylation sites (N-methyl/N-ethyl adjacent to an activating group) is 3. The molecule has 0 spiro atoms. The van der Waals surface area contributed by atoms with Gasteiger partial charge in [-0.05, 0) is 101 Å². The number of carbonyl (C=O) groups is 3. The first kappa shape index (κ1) is 38.5. The summed E-state index contributed by atoms with van der Waals surface area (Å²) in [5.74, 6) is -0.616. The topological polar surface area (TPSA) is 94.0 Å². The third-order valence-corrected chi connectivity index (χ3v) is 11.0. The Labute approximate surface area is 309 Å². The van der Waals surface area contributed by atoms with Crippen LogP contribution in [0.2, 0.25) is 5.02 Å². The molecule has 2 aliphatic rings. The van der Waals surface area contributed by atoms with Crippen LogP contribution in [0.5, 0.6) is 0 Å². The second kappa shape index (κ2) is 17.7. The Morgan fingerprint density at radius 1 is 0.824 bits per heavy atom. The zero-order chi connectivity index (χ0) is 36.7. The van der Waals surface area contributed by atoms with Crippen molar-refractivity contribution in [1.29, 1.82) is 0 Å². The molecule has 0 saturated carbocycles. The highest BCUT2D eigenvalue weighted by molar-refractivity contribution is 6.30. The highest BCUT2D eigenvalue weighted by atomic mass is 35.5. The quantitative estimate of drug-likeness (QED) is 0.349. The molecule has 3 heterocycles. The molecule has 2 aliphatic heterocycles. The predicted octanol–water partition coefficient (Wildman–Crippen LogP) is 5.75. The summed E-state index contributed by atoms with van der Waals surface area (Å²) in [6.45, 7) is 4.47. The first-order chi connectivity index (χ1) is 24.4. The van der Waals surface area contributed by atoms with Crippen molar-refractivity contribution in [2.75, 3.05) is 54.9 Å². The van der Waals surface area contributed by atoms with E-state index in [1.54, 1.807) is 18.9 Å². The lowest BCUT2D eigenvalue weighted by Crippen LogP contribution is -2.56. The number of benzene rings is 2. The molecule has 0 radical (unpaired) electrons. The number of carbonyl (C=O) groups excluding carboxylic acids is 3. The van der Waals surface area contributed by atoms with Gasteiger partial charge in [-0.2, -0.15) is 5.10 Å². The zero-order valence-corrected chi connectivity index (χ0v) is 32.0. The molecule has 2 fully saturated rings. The van der Waals surface area contributed by atoms with Gasteiger partial charge in [0.25, 0.3) is 0 Å². The van der Waals surface area contributed by atoms with Crippen molar-refractivity contribution in [3.8, 4) is 22.3 Å². The number of hydrogen-bond acceptors (Lipinski definition) is 6. The molecule has 2 aromatic carbocycles. The number of nitrogens with one attached hydrogen (secondary N) is 1. The van der Waals surface area contributed by atoms with Gasteiger partial charge >= 0.3 is 0 Å². The molecule has 3 amide bonds. The number of piperidine rings is 1. The molecular formula is C40H56ClN7O3. The summed E-state index contributed by atoms with van der Waals surface area (Å²) in [4.78, 5) is 48.9. The van der Waals surface area contributed by atoms with Crippen LogP contribution in [0.4, 0.5) is 0 Å². The maximum Gasteiger partial charge on any atom is 0.245 e. The highest BCUT2D eigenvalue weighted by Crippen LogP contribution is 2.32. The van der Waals surface area contributed by atoms with Crippen molar-refractivity contribution in [3.63, 3.8) is 0 Å². The summed E-state index contributed by atoms with van der Waals surface area (Å²) in [5.41, 5.74) is 4.98. The third kappa shape index (κ3) is 9.78. The van der Waals surface area contributed by atoms with E-state index in [1.807, 2.05) is 50.4 Å². The van der Waals surface area contributed by atoms with E-state index in [0.29, 0.717) is 17.6 Å². The standard InChI is InChI=1S/C40H56ClN7O3/c1-28-39(50)47(6)37(40(51)46(5)21-11-9-7-8-10-12-36(44(2)3)38(49)43-28)25-31-24-33(41)17-18-35(31)30-15-13-29(14-16-30)32-26-42-48(27-32)34-19-22-45(4)23-20-34/h13-18,24,26-28,34,36-37H,7-12,19-23,25H2,1-6H3,(H,43,49)/t28-,36+,37+/m1/s1. The van der Waals surface area contributed by atoms with Gasteiger partial charge in [-0.25, -0.2) is 0 Å². The van der Waals surface area contributed by atoms with E-state index >= 15 is 0 Å². The molecule has 0 aliphatic carbocycles. The Hall–Kier alpha value is -3.73. The maximum absolute atomic E-state index is 14.2. The van der Waals surface area contributed by atoms with Crippen LogP contribution in [0, 0.1) is 0 Å². The fourth-order valence-corrected chi connectivity index (χ4v) is 7.63. The van der Waals surface area contributed by atoms with Gasteiger partial charge in [0.15, 0.2) is 0 Å². The summed E-state index contributed by atoms with van der Waals surface area (Å²) in [7, 11) is 9.44. The molecular weight excluding hydrogens is 662 g/mol. The Kier molecular flexibility index (Phi) is 13.3. The molecule has 3 atom stereocenters. The van der Waals surface area contributed by atoms with E-state index in [9.17, 15) is 14.4 Å². The molecule has 1 aromatic heterocycles. The summed E-state index contributed by atoms with van der Waals surface area (Å²) < 4.78 is 2.11. The molecule has 5 rings (SSSR count). The van der Waals surface area contributed by atoms with Crippen LogP contribution in [0.1, 0.15) is 69.9 Å². The molecule has 2 saturated heterocycles. The van der Waals surface area contributed by atoms with Gasteiger partial charge < -0.3 is 20.0 Å². The van der Waals surface area contributed by atoms with Crippen molar-refractivity contribution < 1.29 is 14.4 Å². The molecule has 0 bridgehead atoms. The van der Waals surface area contributed by atoms with E-state index < -0.39 is 12.1 Å². The summed E-state index contributed by atoms with van der Waals surface area (Å²) in [6, 6.07) is 12.7. The van der Waals surface area contributed by atoms with Crippen LogP contribution in [-0.2, 0) is 20.8 Å². The number of nitrogens with zero attached hydrogens (tertiary/aromatic N) is 6. The number of aromatic nitrogens is 2. The highest BCUT2D eigenvalue weighted by Gasteiger charge is 2.34. The van der Waals surface area contributed by atoms with Crippen molar-refractivity contribution in [3.05, 3.63) is 65.4 Å². The average molecular weight is 718 g/mol. The van der Waals surface area contributed by atoms with Crippen LogP contribution in [0.3, 0.4) is 0 Å².